The number of para-hydroxylation sites is 1. The molecule has 1 amide bonds. The molecule has 1 aliphatic carbocycles. The second-order valence-electron chi connectivity index (χ2n) is 7.88. The van der Waals surface area contributed by atoms with Crippen LogP contribution in [0.3, 0.4) is 0 Å². The summed E-state index contributed by atoms with van der Waals surface area (Å²) in [7, 11) is -2.82. The van der Waals surface area contributed by atoms with Gasteiger partial charge < -0.3 is 10.1 Å². The van der Waals surface area contributed by atoms with Crippen LogP contribution in [0.1, 0.15) is 32.8 Å². The molecule has 0 bridgehead atoms. The number of rotatable bonds is 7. The second-order valence-corrected chi connectivity index (χ2v) is 11.3. The summed E-state index contributed by atoms with van der Waals surface area (Å²) in [5.41, 5.74) is 2.32. The smallest absolute Gasteiger partial charge is 0.341 e. The van der Waals surface area contributed by atoms with Gasteiger partial charge in [0, 0.05) is 4.88 Å². The maximum absolute atomic E-state index is 13.5. The summed E-state index contributed by atoms with van der Waals surface area (Å²) in [4.78, 5) is 26.6. The number of amides is 1. The van der Waals surface area contributed by atoms with Gasteiger partial charge in [-0.25, -0.2) is 13.2 Å². The summed E-state index contributed by atoms with van der Waals surface area (Å²) in [5.74, 6) is -1.12. The lowest BCUT2D eigenvalue weighted by atomic mass is 10.1. The lowest BCUT2D eigenvalue weighted by Crippen LogP contribution is -2.38. The van der Waals surface area contributed by atoms with Crippen LogP contribution in [-0.4, -0.2) is 33.9 Å². The number of fused-ring (bicyclic) bond motifs is 1. The number of sulfonamides is 1. The molecule has 178 valence electrons. The molecular weight excluding hydrogens is 496 g/mol. The summed E-state index contributed by atoms with van der Waals surface area (Å²) in [6.45, 7) is 1.33. The second kappa shape index (κ2) is 9.77. The molecule has 1 aliphatic rings. The van der Waals surface area contributed by atoms with E-state index < -0.39 is 28.4 Å². The van der Waals surface area contributed by atoms with Gasteiger partial charge in [0.1, 0.15) is 11.5 Å². The largest absolute Gasteiger partial charge is 0.465 e. The molecule has 0 saturated heterocycles. The molecule has 34 heavy (non-hydrogen) atoms. The first-order chi connectivity index (χ1) is 16.2. The number of benzene rings is 2. The Balaban J connectivity index is 1.68. The van der Waals surface area contributed by atoms with E-state index in [4.69, 9.17) is 16.3 Å². The third-order valence-electron chi connectivity index (χ3n) is 5.58. The number of esters is 1. The van der Waals surface area contributed by atoms with Crippen molar-refractivity contribution in [2.24, 2.45) is 0 Å². The molecule has 7 nitrogen and oxygen atoms in total. The first-order valence-corrected chi connectivity index (χ1v) is 13.2. The van der Waals surface area contributed by atoms with Crippen LogP contribution in [0.5, 0.6) is 0 Å². The molecule has 0 aliphatic heterocycles. The minimum atomic E-state index is -4.11. The molecule has 0 radical (unpaired) electrons. The van der Waals surface area contributed by atoms with E-state index in [1.54, 1.807) is 36.4 Å². The van der Waals surface area contributed by atoms with Crippen LogP contribution in [0.2, 0.25) is 5.02 Å². The molecule has 0 atom stereocenters. The molecule has 4 rings (SSSR count). The predicted molar refractivity (Wildman–Crippen MR) is 133 cm³/mol. The number of hydrogen-bond donors (Lipinski definition) is 1. The number of nitrogens with one attached hydrogen (secondary N) is 1. The Hall–Kier alpha value is -2.88. The molecule has 10 heteroatoms. The van der Waals surface area contributed by atoms with Gasteiger partial charge in [0.25, 0.3) is 10.0 Å². The van der Waals surface area contributed by atoms with Crippen LogP contribution in [0.25, 0.3) is 0 Å². The van der Waals surface area contributed by atoms with E-state index in [1.165, 1.54) is 30.6 Å². The first-order valence-electron chi connectivity index (χ1n) is 10.6. The Kier molecular flexibility index (Phi) is 6.97. The van der Waals surface area contributed by atoms with Gasteiger partial charge in [-0.2, -0.15) is 0 Å². The summed E-state index contributed by atoms with van der Waals surface area (Å²) in [6.07, 6.45) is 2.50. The van der Waals surface area contributed by atoms with Gasteiger partial charge in [-0.05, 0) is 56.0 Å². The van der Waals surface area contributed by atoms with E-state index in [0.29, 0.717) is 10.6 Å². The van der Waals surface area contributed by atoms with E-state index in [-0.39, 0.29) is 15.6 Å². The minimum absolute atomic E-state index is 0.0381. The number of nitrogens with zero attached hydrogens (tertiary/aromatic N) is 1. The minimum Gasteiger partial charge on any atom is -0.465 e. The molecule has 2 aromatic carbocycles. The fourth-order valence-electron chi connectivity index (χ4n) is 3.90. The molecule has 0 fully saturated rings. The fraction of sp³-hybridized carbons (Fsp3) is 0.250. The Morgan fingerprint density at radius 3 is 2.50 bits per heavy atom. The maximum atomic E-state index is 13.5. The van der Waals surface area contributed by atoms with Gasteiger partial charge in [0.2, 0.25) is 5.91 Å². The van der Waals surface area contributed by atoms with E-state index in [2.05, 4.69) is 5.32 Å². The number of methoxy groups -OCH3 is 1. The first kappa shape index (κ1) is 24.3. The van der Waals surface area contributed by atoms with Crippen LogP contribution in [0.15, 0.2) is 53.4 Å². The molecule has 1 heterocycles. The highest BCUT2D eigenvalue weighted by Gasteiger charge is 2.31. The van der Waals surface area contributed by atoms with Crippen molar-refractivity contribution in [2.75, 3.05) is 23.3 Å². The highest BCUT2D eigenvalue weighted by Crippen LogP contribution is 2.39. The normalized spacial score (nSPS) is 12.8. The van der Waals surface area contributed by atoms with Crippen LogP contribution < -0.4 is 9.62 Å². The van der Waals surface area contributed by atoms with Gasteiger partial charge in [0.05, 0.1) is 28.3 Å². The van der Waals surface area contributed by atoms with Crippen molar-refractivity contribution in [3.63, 3.8) is 0 Å². The average Bonchev–Trinajstić information content (AvgIpc) is 3.38. The van der Waals surface area contributed by atoms with Crippen LogP contribution in [-0.2, 0) is 32.4 Å². The lowest BCUT2D eigenvalue weighted by molar-refractivity contribution is -0.114. The number of hydrogen-bond acceptors (Lipinski definition) is 6. The zero-order valence-electron chi connectivity index (χ0n) is 18.6. The van der Waals surface area contributed by atoms with E-state index >= 15 is 0 Å². The fourth-order valence-corrected chi connectivity index (χ4v) is 6.92. The van der Waals surface area contributed by atoms with Crippen molar-refractivity contribution >= 4 is 55.5 Å². The number of thiophene rings is 1. The summed E-state index contributed by atoms with van der Waals surface area (Å²) < 4.78 is 33.0. The Morgan fingerprint density at radius 2 is 1.82 bits per heavy atom. The standard InChI is InChI=1S/C24H23ClN2O5S2/c1-15-10-12-16(13-11-15)34(30,31)27(19-8-4-3-7-18(19)25)14-21(28)26-23-22(24(29)32-2)17-6-5-9-20(17)33-23/h3-4,7-8,10-13H,5-6,9,14H2,1-2H3,(H,26,28). The maximum Gasteiger partial charge on any atom is 0.341 e. The van der Waals surface area contributed by atoms with Crippen molar-refractivity contribution < 1.29 is 22.7 Å². The van der Waals surface area contributed by atoms with Gasteiger partial charge in [-0.15, -0.1) is 11.3 Å². The number of ether oxygens (including phenoxy) is 1. The highest BCUT2D eigenvalue weighted by atomic mass is 35.5. The summed E-state index contributed by atoms with van der Waals surface area (Å²) >= 11 is 7.65. The van der Waals surface area contributed by atoms with Crippen LogP contribution >= 0.6 is 22.9 Å². The Morgan fingerprint density at radius 1 is 1.12 bits per heavy atom. The van der Waals surface area contributed by atoms with Crippen molar-refractivity contribution in [1.82, 2.24) is 0 Å². The van der Waals surface area contributed by atoms with Crippen LogP contribution in [0.4, 0.5) is 10.7 Å². The van der Waals surface area contributed by atoms with Crippen LogP contribution in [0, 0.1) is 6.92 Å². The average molecular weight is 519 g/mol. The van der Waals surface area contributed by atoms with Crippen molar-refractivity contribution in [3.05, 3.63) is 75.1 Å². The SMILES string of the molecule is COC(=O)c1c(NC(=O)CN(c2ccccc2Cl)S(=O)(=O)c2ccc(C)cc2)sc2c1CCC2. The highest BCUT2D eigenvalue weighted by molar-refractivity contribution is 7.92. The number of aryl methyl sites for hydroxylation is 2. The van der Waals surface area contributed by atoms with Gasteiger partial charge in [-0.1, -0.05) is 41.4 Å². The van der Waals surface area contributed by atoms with E-state index in [0.717, 1.165) is 39.6 Å². The molecule has 1 N–H and O–H groups in total. The molecule has 0 saturated carbocycles. The number of carbonyl (C=O) groups excluding carboxylic acids is 2. The molecule has 3 aromatic rings. The monoisotopic (exact) mass is 518 g/mol. The Bertz CT molecular complexity index is 1350. The van der Waals surface area contributed by atoms with Crippen molar-refractivity contribution in [3.8, 4) is 0 Å². The predicted octanol–water partition coefficient (Wildman–Crippen LogP) is 4.82. The van der Waals surface area contributed by atoms with E-state index in [1.807, 2.05) is 6.92 Å². The van der Waals surface area contributed by atoms with E-state index in [9.17, 15) is 18.0 Å². The van der Waals surface area contributed by atoms with Crippen molar-refractivity contribution in [1.29, 1.82) is 0 Å². The quantitative estimate of drug-likeness (QED) is 0.453. The molecular formula is C24H23ClN2O5S2. The molecule has 0 spiro atoms. The molecule has 1 aromatic heterocycles. The van der Waals surface area contributed by atoms with Gasteiger partial charge >= 0.3 is 5.97 Å². The number of halogens is 1. The zero-order valence-corrected chi connectivity index (χ0v) is 21.0. The van der Waals surface area contributed by atoms with Gasteiger partial charge in [0.15, 0.2) is 0 Å². The third-order valence-corrected chi connectivity index (χ3v) is 8.88. The topological polar surface area (TPSA) is 92.8 Å². The van der Waals surface area contributed by atoms with Crippen molar-refractivity contribution in [2.45, 2.75) is 31.1 Å². The summed E-state index contributed by atoms with van der Waals surface area (Å²) in [6, 6.07) is 12.8. The molecule has 0 unspecified atom stereocenters. The zero-order chi connectivity index (χ0) is 24.5. The summed E-state index contributed by atoms with van der Waals surface area (Å²) in [5, 5.41) is 3.30. The number of carbonyl (C=O) groups is 2. The Labute approximate surface area is 207 Å². The lowest BCUT2D eigenvalue weighted by Gasteiger charge is -2.25. The van der Waals surface area contributed by atoms with Gasteiger partial charge in [-0.3, -0.25) is 9.10 Å². The third kappa shape index (κ3) is 4.68. The number of anilines is 2.